The fraction of sp³-hybridized carbons (Fsp3) is 0.357. The quantitative estimate of drug-likeness (QED) is 0.678. The normalized spacial score (nSPS) is 12.4. The number of esters is 1. The van der Waals surface area contributed by atoms with E-state index in [9.17, 15) is 18.0 Å². The molecule has 3 nitrogen and oxygen atoms in total. The van der Waals surface area contributed by atoms with E-state index in [1.54, 1.807) is 13.0 Å². The van der Waals surface area contributed by atoms with E-state index in [1.165, 1.54) is 0 Å². The SMILES string of the molecule is CC/C(C)=C/c1c(N)cc(C(F)(F)F)cc1C(=O)OC. The monoisotopic (exact) mass is 287 g/mol. The van der Waals surface area contributed by atoms with Crippen molar-refractivity contribution in [1.82, 2.24) is 0 Å². The van der Waals surface area contributed by atoms with Gasteiger partial charge in [0.2, 0.25) is 0 Å². The van der Waals surface area contributed by atoms with Gasteiger partial charge in [-0.2, -0.15) is 13.2 Å². The molecule has 0 saturated heterocycles. The molecule has 1 aromatic rings. The number of alkyl halides is 3. The number of benzene rings is 1. The topological polar surface area (TPSA) is 52.3 Å². The van der Waals surface area contributed by atoms with Gasteiger partial charge >= 0.3 is 12.1 Å². The summed E-state index contributed by atoms with van der Waals surface area (Å²) in [5.41, 5.74) is 5.54. The number of anilines is 1. The standard InChI is InChI=1S/C14H16F3NO2/c1-4-8(2)5-10-11(13(19)20-3)6-9(7-12(10)18)14(15,16)17/h5-7H,4,18H2,1-3H3/b8-5+. The lowest BCUT2D eigenvalue weighted by Gasteiger charge is -2.13. The van der Waals surface area contributed by atoms with Crippen LogP contribution >= 0.6 is 0 Å². The Labute approximate surface area is 115 Å². The second kappa shape index (κ2) is 5.98. The molecule has 0 amide bonds. The molecule has 0 unspecified atom stereocenters. The molecule has 0 spiro atoms. The first-order valence-corrected chi connectivity index (χ1v) is 5.96. The second-order valence-electron chi connectivity index (χ2n) is 4.36. The van der Waals surface area contributed by atoms with E-state index in [1.807, 2.05) is 6.92 Å². The van der Waals surface area contributed by atoms with Gasteiger partial charge in [-0.05, 0) is 25.5 Å². The highest BCUT2D eigenvalue weighted by Crippen LogP contribution is 2.34. The molecule has 0 saturated carbocycles. The molecule has 1 aromatic carbocycles. The predicted molar refractivity (Wildman–Crippen MR) is 71.1 cm³/mol. The third kappa shape index (κ3) is 3.53. The van der Waals surface area contributed by atoms with Crippen molar-refractivity contribution < 1.29 is 22.7 Å². The summed E-state index contributed by atoms with van der Waals surface area (Å²) in [4.78, 5) is 11.7. The van der Waals surface area contributed by atoms with Crippen molar-refractivity contribution >= 4 is 17.7 Å². The third-order valence-corrected chi connectivity index (χ3v) is 2.89. The van der Waals surface area contributed by atoms with Crippen molar-refractivity contribution in [2.75, 3.05) is 12.8 Å². The maximum atomic E-state index is 12.8. The minimum absolute atomic E-state index is 0.104. The first-order chi connectivity index (χ1) is 9.20. The predicted octanol–water partition coefficient (Wildman–Crippen LogP) is 3.89. The van der Waals surface area contributed by atoms with E-state index in [0.29, 0.717) is 6.42 Å². The molecular formula is C14H16F3NO2. The largest absolute Gasteiger partial charge is 0.465 e. The Bertz CT molecular complexity index is 548. The van der Waals surface area contributed by atoms with Crippen LogP contribution in [0.5, 0.6) is 0 Å². The molecule has 0 aliphatic carbocycles. The molecule has 0 radical (unpaired) electrons. The van der Waals surface area contributed by atoms with Gasteiger partial charge < -0.3 is 10.5 Å². The van der Waals surface area contributed by atoms with Crippen LogP contribution in [-0.4, -0.2) is 13.1 Å². The third-order valence-electron chi connectivity index (χ3n) is 2.89. The fourth-order valence-corrected chi connectivity index (χ4v) is 1.63. The molecule has 2 N–H and O–H groups in total. The molecule has 110 valence electrons. The Morgan fingerprint density at radius 2 is 2.00 bits per heavy atom. The van der Waals surface area contributed by atoms with Crippen molar-refractivity contribution in [2.45, 2.75) is 26.4 Å². The minimum atomic E-state index is -4.57. The van der Waals surface area contributed by atoms with Crippen molar-refractivity contribution in [3.05, 3.63) is 34.4 Å². The molecule has 0 fully saturated rings. The average molecular weight is 287 g/mol. The molecule has 6 heteroatoms. The second-order valence-corrected chi connectivity index (χ2v) is 4.36. The van der Waals surface area contributed by atoms with Crippen LogP contribution in [0.4, 0.5) is 18.9 Å². The number of carbonyl (C=O) groups is 1. The first kappa shape index (κ1) is 16.1. The highest BCUT2D eigenvalue weighted by atomic mass is 19.4. The van der Waals surface area contributed by atoms with Gasteiger partial charge in [0, 0.05) is 11.3 Å². The number of rotatable bonds is 3. The fourth-order valence-electron chi connectivity index (χ4n) is 1.63. The molecule has 20 heavy (non-hydrogen) atoms. The number of hydrogen-bond donors (Lipinski definition) is 1. The smallest absolute Gasteiger partial charge is 0.416 e. The van der Waals surface area contributed by atoms with Gasteiger partial charge in [-0.15, -0.1) is 0 Å². The number of allylic oxidation sites excluding steroid dienone is 1. The lowest BCUT2D eigenvalue weighted by Crippen LogP contribution is -2.12. The maximum absolute atomic E-state index is 12.8. The van der Waals surface area contributed by atoms with Gasteiger partial charge in [-0.1, -0.05) is 18.6 Å². The Morgan fingerprint density at radius 3 is 2.45 bits per heavy atom. The zero-order valence-corrected chi connectivity index (χ0v) is 11.5. The first-order valence-electron chi connectivity index (χ1n) is 5.96. The van der Waals surface area contributed by atoms with E-state index < -0.39 is 17.7 Å². The maximum Gasteiger partial charge on any atom is 0.416 e. The number of nitrogens with two attached hydrogens (primary N) is 1. The van der Waals surface area contributed by atoms with Crippen molar-refractivity contribution in [3.63, 3.8) is 0 Å². The molecule has 0 aromatic heterocycles. The van der Waals surface area contributed by atoms with E-state index in [2.05, 4.69) is 4.74 Å². The summed E-state index contributed by atoms with van der Waals surface area (Å²) >= 11 is 0. The number of nitrogen functional groups attached to an aromatic ring is 1. The van der Waals surface area contributed by atoms with Crippen LogP contribution in [0.2, 0.25) is 0 Å². The Balaban J connectivity index is 3.55. The summed E-state index contributed by atoms with van der Waals surface area (Å²) in [6, 6.07) is 1.58. The summed E-state index contributed by atoms with van der Waals surface area (Å²) in [5.74, 6) is -0.849. The summed E-state index contributed by atoms with van der Waals surface area (Å²) in [5, 5.41) is 0. The van der Waals surface area contributed by atoms with E-state index in [0.717, 1.165) is 24.8 Å². The molecule has 1 rings (SSSR count). The zero-order valence-electron chi connectivity index (χ0n) is 11.5. The number of halogens is 3. The van der Waals surface area contributed by atoms with Crippen LogP contribution in [0.25, 0.3) is 6.08 Å². The molecular weight excluding hydrogens is 271 g/mol. The number of ether oxygens (including phenoxy) is 1. The number of hydrogen-bond acceptors (Lipinski definition) is 3. The summed E-state index contributed by atoms with van der Waals surface area (Å²) < 4.78 is 42.8. The van der Waals surface area contributed by atoms with Gasteiger partial charge in [0.05, 0.1) is 18.2 Å². The molecule has 0 aliphatic heterocycles. The summed E-state index contributed by atoms with van der Waals surface area (Å²) in [6.07, 6.45) is -2.28. The van der Waals surface area contributed by atoms with Crippen molar-refractivity contribution in [1.29, 1.82) is 0 Å². The van der Waals surface area contributed by atoms with Gasteiger partial charge in [0.25, 0.3) is 0 Å². The Kier molecular flexibility index (Phi) is 4.81. The van der Waals surface area contributed by atoms with Gasteiger partial charge in [-0.3, -0.25) is 0 Å². The van der Waals surface area contributed by atoms with Crippen LogP contribution in [0.1, 0.15) is 41.8 Å². The summed E-state index contributed by atoms with van der Waals surface area (Å²) in [7, 11) is 1.11. The van der Waals surface area contributed by atoms with Crippen LogP contribution in [0.3, 0.4) is 0 Å². The molecule has 0 atom stereocenters. The lowest BCUT2D eigenvalue weighted by atomic mass is 9.99. The zero-order chi connectivity index (χ0) is 15.5. The molecule has 0 aliphatic rings. The highest BCUT2D eigenvalue weighted by Gasteiger charge is 2.32. The van der Waals surface area contributed by atoms with Crippen LogP contribution in [0.15, 0.2) is 17.7 Å². The number of carbonyl (C=O) groups excluding carboxylic acids is 1. The Hall–Kier alpha value is -1.98. The van der Waals surface area contributed by atoms with Gasteiger partial charge in [-0.25, -0.2) is 4.79 Å². The van der Waals surface area contributed by atoms with Gasteiger partial charge in [0.15, 0.2) is 0 Å². The molecule has 0 heterocycles. The lowest BCUT2D eigenvalue weighted by molar-refractivity contribution is -0.137. The summed E-state index contributed by atoms with van der Waals surface area (Å²) in [6.45, 7) is 3.70. The number of methoxy groups -OCH3 is 1. The van der Waals surface area contributed by atoms with E-state index >= 15 is 0 Å². The van der Waals surface area contributed by atoms with E-state index in [4.69, 9.17) is 5.73 Å². The minimum Gasteiger partial charge on any atom is -0.465 e. The van der Waals surface area contributed by atoms with Gasteiger partial charge in [0.1, 0.15) is 0 Å². The molecule has 0 bridgehead atoms. The van der Waals surface area contributed by atoms with Crippen LogP contribution < -0.4 is 5.73 Å². The highest BCUT2D eigenvalue weighted by molar-refractivity contribution is 5.96. The van der Waals surface area contributed by atoms with Crippen LogP contribution in [0, 0.1) is 0 Å². The van der Waals surface area contributed by atoms with Crippen molar-refractivity contribution in [3.8, 4) is 0 Å². The Morgan fingerprint density at radius 1 is 1.40 bits per heavy atom. The van der Waals surface area contributed by atoms with Crippen molar-refractivity contribution in [2.24, 2.45) is 0 Å². The van der Waals surface area contributed by atoms with Crippen LogP contribution in [-0.2, 0) is 10.9 Å². The van der Waals surface area contributed by atoms with E-state index in [-0.39, 0.29) is 16.8 Å². The average Bonchev–Trinajstić information content (AvgIpc) is 2.38.